The van der Waals surface area contributed by atoms with Gasteiger partial charge < -0.3 is 10.1 Å². The van der Waals surface area contributed by atoms with E-state index in [-0.39, 0.29) is 0 Å². The summed E-state index contributed by atoms with van der Waals surface area (Å²) in [5.41, 5.74) is 0. The number of nitrogens with one attached hydrogen (secondary N) is 1. The standard InChI is InChI=1S/C13H26N2O/c1-3-15(11-6-5-7-14-10-11)12-8-13(9-12)16-4-2/h11-14H,3-10H2,1-2H3. The molecule has 2 aliphatic rings. The Hall–Kier alpha value is -0.120. The zero-order chi connectivity index (χ0) is 11.4. The molecular weight excluding hydrogens is 200 g/mol. The fourth-order valence-corrected chi connectivity index (χ4v) is 3.11. The first-order valence-electron chi connectivity index (χ1n) is 6.93. The topological polar surface area (TPSA) is 24.5 Å². The molecule has 1 saturated carbocycles. The Labute approximate surface area is 99.5 Å². The SMILES string of the molecule is CCOC1CC(N(CC)C2CCCNC2)C1. The van der Waals surface area contributed by atoms with Gasteiger partial charge in [-0.25, -0.2) is 0 Å². The molecule has 1 N–H and O–H groups in total. The van der Waals surface area contributed by atoms with Gasteiger partial charge >= 0.3 is 0 Å². The van der Waals surface area contributed by atoms with E-state index in [0.29, 0.717) is 6.10 Å². The molecule has 1 aliphatic heterocycles. The maximum atomic E-state index is 5.65. The van der Waals surface area contributed by atoms with E-state index in [1.807, 2.05) is 0 Å². The van der Waals surface area contributed by atoms with E-state index in [0.717, 1.165) is 18.7 Å². The monoisotopic (exact) mass is 226 g/mol. The van der Waals surface area contributed by atoms with Crippen LogP contribution in [0, 0.1) is 0 Å². The molecule has 1 saturated heterocycles. The summed E-state index contributed by atoms with van der Waals surface area (Å²) in [6.45, 7) is 8.84. The Morgan fingerprint density at radius 2 is 2.06 bits per heavy atom. The number of hydrogen-bond acceptors (Lipinski definition) is 3. The van der Waals surface area contributed by atoms with Gasteiger partial charge in [-0.1, -0.05) is 6.92 Å². The molecule has 1 atom stereocenters. The van der Waals surface area contributed by atoms with Crippen molar-refractivity contribution in [2.24, 2.45) is 0 Å². The summed E-state index contributed by atoms with van der Waals surface area (Å²) in [7, 11) is 0. The highest BCUT2D eigenvalue weighted by Crippen LogP contribution is 2.30. The van der Waals surface area contributed by atoms with Gasteiger partial charge in [-0.05, 0) is 45.7 Å². The predicted molar refractivity (Wildman–Crippen MR) is 66.7 cm³/mol. The van der Waals surface area contributed by atoms with E-state index in [2.05, 4.69) is 24.1 Å². The minimum absolute atomic E-state index is 0.542. The van der Waals surface area contributed by atoms with Crippen LogP contribution in [0.5, 0.6) is 0 Å². The van der Waals surface area contributed by atoms with Crippen molar-refractivity contribution in [2.75, 3.05) is 26.2 Å². The Bertz CT molecular complexity index is 198. The van der Waals surface area contributed by atoms with Gasteiger partial charge in [0.25, 0.3) is 0 Å². The number of ether oxygens (including phenoxy) is 1. The summed E-state index contributed by atoms with van der Waals surface area (Å²) in [5, 5.41) is 3.52. The second-order valence-electron chi connectivity index (χ2n) is 5.03. The average molecular weight is 226 g/mol. The number of likely N-dealkylation sites (N-methyl/N-ethyl adjacent to an activating group) is 1. The van der Waals surface area contributed by atoms with Crippen LogP contribution in [-0.2, 0) is 4.74 Å². The van der Waals surface area contributed by atoms with E-state index in [1.54, 1.807) is 0 Å². The van der Waals surface area contributed by atoms with Crippen molar-refractivity contribution in [2.45, 2.75) is 57.7 Å². The Kier molecular flexibility index (Phi) is 4.62. The highest BCUT2D eigenvalue weighted by molar-refractivity contribution is 4.92. The van der Waals surface area contributed by atoms with Crippen molar-refractivity contribution in [1.29, 1.82) is 0 Å². The van der Waals surface area contributed by atoms with Crippen LogP contribution in [0.4, 0.5) is 0 Å². The summed E-state index contributed by atoms with van der Waals surface area (Å²) in [5.74, 6) is 0. The number of rotatable bonds is 5. The Morgan fingerprint density at radius 3 is 2.62 bits per heavy atom. The Balaban J connectivity index is 1.77. The van der Waals surface area contributed by atoms with Gasteiger partial charge in [0, 0.05) is 25.2 Å². The first kappa shape index (κ1) is 12.3. The van der Waals surface area contributed by atoms with Gasteiger partial charge in [-0.15, -0.1) is 0 Å². The Morgan fingerprint density at radius 1 is 1.25 bits per heavy atom. The van der Waals surface area contributed by atoms with Gasteiger partial charge in [0.15, 0.2) is 0 Å². The molecule has 1 aliphatic carbocycles. The highest BCUT2D eigenvalue weighted by atomic mass is 16.5. The second kappa shape index (κ2) is 5.99. The molecule has 0 aromatic heterocycles. The number of nitrogens with zero attached hydrogens (tertiary/aromatic N) is 1. The van der Waals surface area contributed by atoms with E-state index in [4.69, 9.17) is 4.74 Å². The van der Waals surface area contributed by atoms with Crippen LogP contribution in [-0.4, -0.2) is 49.3 Å². The average Bonchev–Trinajstić information content (AvgIpc) is 2.28. The van der Waals surface area contributed by atoms with Crippen molar-refractivity contribution >= 4 is 0 Å². The molecule has 1 heterocycles. The quantitative estimate of drug-likeness (QED) is 0.771. The molecule has 0 radical (unpaired) electrons. The minimum Gasteiger partial charge on any atom is -0.378 e. The van der Waals surface area contributed by atoms with Crippen LogP contribution in [0.25, 0.3) is 0 Å². The zero-order valence-corrected chi connectivity index (χ0v) is 10.7. The van der Waals surface area contributed by atoms with Crippen LogP contribution >= 0.6 is 0 Å². The summed E-state index contributed by atoms with van der Waals surface area (Å²) < 4.78 is 5.65. The lowest BCUT2D eigenvalue weighted by molar-refractivity contribution is -0.0583. The summed E-state index contributed by atoms with van der Waals surface area (Å²) >= 11 is 0. The first-order chi connectivity index (χ1) is 7.85. The van der Waals surface area contributed by atoms with Gasteiger partial charge in [-0.2, -0.15) is 0 Å². The third kappa shape index (κ3) is 2.76. The summed E-state index contributed by atoms with van der Waals surface area (Å²) in [6.07, 6.45) is 5.75. The van der Waals surface area contributed by atoms with E-state index < -0.39 is 0 Å². The van der Waals surface area contributed by atoms with Crippen LogP contribution in [0.3, 0.4) is 0 Å². The van der Waals surface area contributed by atoms with Gasteiger partial charge in [0.1, 0.15) is 0 Å². The van der Waals surface area contributed by atoms with Crippen LogP contribution in [0.1, 0.15) is 39.5 Å². The van der Waals surface area contributed by atoms with Crippen molar-refractivity contribution in [3.63, 3.8) is 0 Å². The number of piperidine rings is 1. The van der Waals surface area contributed by atoms with Crippen molar-refractivity contribution < 1.29 is 4.74 Å². The summed E-state index contributed by atoms with van der Waals surface area (Å²) in [6, 6.07) is 1.55. The molecule has 1 unspecified atom stereocenters. The molecule has 16 heavy (non-hydrogen) atoms. The molecule has 2 fully saturated rings. The molecular formula is C13H26N2O. The minimum atomic E-state index is 0.542. The van der Waals surface area contributed by atoms with Crippen molar-refractivity contribution in [1.82, 2.24) is 10.2 Å². The fourth-order valence-electron chi connectivity index (χ4n) is 3.11. The third-order valence-corrected chi connectivity index (χ3v) is 4.05. The smallest absolute Gasteiger partial charge is 0.0604 e. The lowest BCUT2D eigenvalue weighted by atomic mass is 9.86. The molecule has 94 valence electrons. The maximum absolute atomic E-state index is 5.65. The van der Waals surface area contributed by atoms with Crippen LogP contribution in [0.2, 0.25) is 0 Å². The van der Waals surface area contributed by atoms with E-state index in [9.17, 15) is 0 Å². The molecule has 3 nitrogen and oxygen atoms in total. The molecule has 3 heteroatoms. The van der Waals surface area contributed by atoms with Gasteiger partial charge in [0.2, 0.25) is 0 Å². The highest BCUT2D eigenvalue weighted by Gasteiger charge is 2.36. The molecule has 0 bridgehead atoms. The van der Waals surface area contributed by atoms with Crippen molar-refractivity contribution in [3.8, 4) is 0 Å². The molecule has 2 rings (SSSR count). The lowest BCUT2D eigenvalue weighted by Crippen LogP contribution is -2.55. The lowest BCUT2D eigenvalue weighted by Gasteiger charge is -2.46. The maximum Gasteiger partial charge on any atom is 0.0604 e. The van der Waals surface area contributed by atoms with E-state index in [1.165, 1.54) is 45.3 Å². The van der Waals surface area contributed by atoms with Crippen LogP contribution in [0.15, 0.2) is 0 Å². The fraction of sp³-hybridized carbons (Fsp3) is 1.00. The molecule has 0 spiro atoms. The third-order valence-electron chi connectivity index (χ3n) is 4.05. The molecule has 0 aromatic carbocycles. The van der Waals surface area contributed by atoms with E-state index >= 15 is 0 Å². The second-order valence-corrected chi connectivity index (χ2v) is 5.03. The molecule has 0 amide bonds. The largest absolute Gasteiger partial charge is 0.378 e. The van der Waals surface area contributed by atoms with Crippen LogP contribution < -0.4 is 5.32 Å². The van der Waals surface area contributed by atoms with Gasteiger partial charge in [-0.3, -0.25) is 4.90 Å². The molecule has 0 aromatic rings. The van der Waals surface area contributed by atoms with Crippen molar-refractivity contribution in [3.05, 3.63) is 0 Å². The normalized spacial score (nSPS) is 35.1. The zero-order valence-electron chi connectivity index (χ0n) is 10.7. The predicted octanol–water partition coefficient (Wildman–Crippen LogP) is 1.63. The number of hydrogen-bond donors (Lipinski definition) is 1. The first-order valence-corrected chi connectivity index (χ1v) is 6.93. The van der Waals surface area contributed by atoms with Gasteiger partial charge in [0.05, 0.1) is 6.10 Å². The summed E-state index contributed by atoms with van der Waals surface area (Å²) in [4.78, 5) is 2.70.